The van der Waals surface area contributed by atoms with E-state index in [0.717, 1.165) is 19.6 Å². The first-order valence-corrected chi connectivity index (χ1v) is 7.60. The van der Waals surface area contributed by atoms with Crippen LogP contribution in [0.2, 0.25) is 0 Å². The van der Waals surface area contributed by atoms with E-state index in [1.807, 2.05) is 24.8 Å². The van der Waals surface area contributed by atoms with Crippen LogP contribution in [0, 0.1) is 10.8 Å². The minimum atomic E-state index is -0.372. The van der Waals surface area contributed by atoms with E-state index < -0.39 is 0 Å². The third-order valence-electron chi connectivity index (χ3n) is 4.84. The van der Waals surface area contributed by atoms with Gasteiger partial charge in [0, 0.05) is 32.7 Å². The minimum absolute atomic E-state index is 0.0388. The summed E-state index contributed by atoms with van der Waals surface area (Å²) in [6.07, 6.45) is 0. The monoisotopic (exact) mass is 288 g/mol. The van der Waals surface area contributed by atoms with Gasteiger partial charge in [-0.15, -0.1) is 0 Å². The van der Waals surface area contributed by atoms with Crippen molar-refractivity contribution in [2.75, 3.05) is 32.9 Å². The summed E-state index contributed by atoms with van der Waals surface area (Å²) in [4.78, 5) is 17.2. The average Bonchev–Trinajstić information content (AvgIpc) is 2.43. The van der Waals surface area contributed by atoms with Gasteiger partial charge in [-0.25, -0.2) is 0 Å². The molecule has 2 unspecified atom stereocenters. The van der Waals surface area contributed by atoms with Crippen LogP contribution in [0.3, 0.4) is 0 Å². The van der Waals surface area contributed by atoms with Crippen LogP contribution in [0.25, 0.3) is 0 Å². The van der Waals surface area contributed by atoms with Gasteiger partial charge in [0.2, 0.25) is 0 Å². The van der Waals surface area contributed by atoms with Gasteiger partial charge >= 0.3 is 0 Å². The molecule has 2 bridgehead atoms. The normalized spacial score (nSPS) is 34.1. The summed E-state index contributed by atoms with van der Waals surface area (Å²) in [6.45, 7) is 7.88. The van der Waals surface area contributed by atoms with Crippen LogP contribution in [0.15, 0.2) is 30.3 Å². The van der Waals surface area contributed by atoms with Gasteiger partial charge in [0.05, 0.1) is 17.6 Å². The third kappa shape index (κ3) is 2.63. The molecule has 3 rings (SSSR count). The number of piperidine rings is 2. The quantitative estimate of drug-likeness (QED) is 0.912. The third-order valence-corrected chi connectivity index (χ3v) is 4.84. The Labute approximate surface area is 126 Å². The number of aliphatic hydroxyl groups excluding tert-OH is 1. The van der Waals surface area contributed by atoms with Crippen LogP contribution < -0.4 is 0 Å². The number of aliphatic hydroxyl groups is 1. The van der Waals surface area contributed by atoms with E-state index in [-0.39, 0.29) is 17.6 Å². The van der Waals surface area contributed by atoms with Crippen LogP contribution in [-0.2, 0) is 11.3 Å². The largest absolute Gasteiger partial charge is 0.381 e. The minimum Gasteiger partial charge on any atom is -0.381 e. The second-order valence-electron chi connectivity index (χ2n) is 7.21. The second-order valence-corrected chi connectivity index (χ2v) is 7.21. The van der Waals surface area contributed by atoms with Crippen LogP contribution in [-0.4, -0.2) is 53.6 Å². The number of fused-ring (bicyclic) bond motifs is 2. The standard InChI is InChI=1S/C17H24N2O2/c1-16-9-18(8-14-6-4-3-5-7-14)10-17(2,15(16)21)12-19(11-16)13-20/h3-7,20H,8-13H2,1-2H3. The molecule has 0 amide bonds. The lowest BCUT2D eigenvalue weighted by Crippen LogP contribution is -2.68. The Bertz CT molecular complexity index is 509. The van der Waals surface area contributed by atoms with Crippen molar-refractivity contribution in [3.63, 3.8) is 0 Å². The zero-order chi connectivity index (χ0) is 15.1. The van der Waals surface area contributed by atoms with Crippen molar-refractivity contribution in [3.8, 4) is 0 Å². The van der Waals surface area contributed by atoms with Gasteiger partial charge < -0.3 is 5.11 Å². The molecule has 2 aliphatic rings. The average molecular weight is 288 g/mol. The number of carbonyl (C=O) groups is 1. The van der Waals surface area contributed by atoms with Crippen molar-refractivity contribution in [1.29, 1.82) is 0 Å². The number of hydrogen-bond acceptors (Lipinski definition) is 4. The van der Waals surface area contributed by atoms with Crippen LogP contribution in [0.1, 0.15) is 19.4 Å². The smallest absolute Gasteiger partial charge is 0.149 e. The summed E-state index contributed by atoms with van der Waals surface area (Å²) in [5.41, 5.74) is 0.544. The maximum Gasteiger partial charge on any atom is 0.149 e. The molecular formula is C17H24N2O2. The SMILES string of the molecule is CC12CN(CO)CC(C)(CN(Cc3ccccc3)C1)C2=O. The highest BCUT2D eigenvalue weighted by molar-refractivity contribution is 5.92. The van der Waals surface area contributed by atoms with Gasteiger partial charge in [-0.1, -0.05) is 44.2 Å². The molecule has 0 spiro atoms. The number of benzene rings is 1. The maximum absolute atomic E-state index is 12.8. The highest BCUT2D eigenvalue weighted by Crippen LogP contribution is 2.42. The fourth-order valence-corrected chi connectivity index (χ4v) is 4.26. The molecule has 0 aliphatic carbocycles. The first-order chi connectivity index (χ1) is 9.95. The van der Waals surface area contributed by atoms with Crippen molar-refractivity contribution < 1.29 is 9.90 Å². The molecule has 114 valence electrons. The topological polar surface area (TPSA) is 43.8 Å². The summed E-state index contributed by atoms with van der Waals surface area (Å²) in [5.74, 6) is 0.365. The fourth-order valence-electron chi connectivity index (χ4n) is 4.26. The van der Waals surface area contributed by atoms with Crippen LogP contribution in [0.5, 0.6) is 0 Å². The number of Topliss-reactive ketones (excluding diaryl/α,β-unsaturated/α-hetero) is 1. The molecule has 0 aromatic heterocycles. The first-order valence-electron chi connectivity index (χ1n) is 7.60. The Morgan fingerprint density at radius 2 is 1.52 bits per heavy atom. The van der Waals surface area contributed by atoms with E-state index >= 15 is 0 Å². The Balaban J connectivity index is 1.82. The van der Waals surface area contributed by atoms with Crippen LogP contribution in [0.4, 0.5) is 0 Å². The van der Waals surface area contributed by atoms with Crippen molar-refractivity contribution in [3.05, 3.63) is 35.9 Å². The molecular weight excluding hydrogens is 264 g/mol. The number of ketones is 1. The molecule has 1 aromatic rings. The number of rotatable bonds is 3. The molecule has 2 saturated heterocycles. The van der Waals surface area contributed by atoms with E-state index in [4.69, 9.17) is 0 Å². The molecule has 2 atom stereocenters. The lowest BCUT2D eigenvalue weighted by atomic mass is 9.64. The van der Waals surface area contributed by atoms with E-state index in [1.54, 1.807) is 0 Å². The van der Waals surface area contributed by atoms with E-state index in [9.17, 15) is 9.90 Å². The van der Waals surface area contributed by atoms with Crippen molar-refractivity contribution in [2.24, 2.45) is 10.8 Å². The lowest BCUT2D eigenvalue weighted by molar-refractivity contribution is -0.161. The Hall–Kier alpha value is -1.23. The number of hydrogen-bond donors (Lipinski definition) is 1. The van der Waals surface area contributed by atoms with Gasteiger partial charge in [0.1, 0.15) is 5.78 Å². The molecule has 2 aliphatic heterocycles. The Kier molecular flexibility index (Phi) is 3.64. The van der Waals surface area contributed by atoms with Gasteiger partial charge in [-0.2, -0.15) is 0 Å². The first kappa shape index (κ1) is 14.7. The molecule has 21 heavy (non-hydrogen) atoms. The van der Waals surface area contributed by atoms with Crippen molar-refractivity contribution in [1.82, 2.24) is 9.80 Å². The molecule has 1 aromatic carbocycles. The number of likely N-dealkylation sites (tertiary alicyclic amines) is 2. The summed E-state index contributed by atoms with van der Waals surface area (Å²) < 4.78 is 0. The van der Waals surface area contributed by atoms with Gasteiger partial charge in [0.15, 0.2) is 0 Å². The summed E-state index contributed by atoms with van der Waals surface area (Å²) in [5, 5.41) is 9.46. The molecule has 0 radical (unpaired) electrons. The predicted octanol–water partition coefficient (Wildman–Crippen LogP) is 1.35. The Morgan fingerprint density at radius 1 is 1.00 bits per heavy atom. The van der Waals surface area contributed by atoms with Crippen molar-refractivity contribution >= 4 is 5.78 Å². The summed E-state index contributed by atoms with van der Waals surface area (Å²) >= 11 is 0. The van der Waals surface area contributed by atoms with E-state index in [2.05, 4.69) is 29.2 Å². The van der Waals surface area contributed by atoms with Crippen LogP contribution >= 0.6 is 0 Å². The van der Waals surface area contributed by atoms with Crippen molar-refractivity contribution in [2.45, 2.75) is 20.4 Å². The summed E-state index contributed by atoms with van der Waals surface area (Å²) in [7, 11) is 0. The molecule has 4 nitrogen and oxygen atoms in total. The number of carbonyl (C=O) groups excluding carboxylic acids is 1. The zero-order valence-electron chi connectivity index (χ0n) is 12.9. The molecule has 1 N–H and O–H groups in total. The highest BCUT2D eigenvalue weighted by Gasteiger charge is 2.55. The molecule has 2 heterocycles. The van der Waals surface area contributed by atoms with Gasteiger partial charge in [-0.3, -0.25) is 14.6 Å². The maximum atomic E-state index is 12.8. The van der Waals surface area contributed by atoms with E-state index in [1.165, 1.54) is 5.56 Å². The Morgan fingerprint density at radius 3 is 2.05 bits per heavy atom. The fraction of sp³-hybridized carbons (Fsp3) is 0.588. The number of nitrogens with zero attached hydrogens (tertiary/aromatic N) is 2. The molecule has 4 heteroatoms. The molecule has 0 saturated carbocycles. The van der Waals surface area contributed by atoms with E-state index in [0.29, 0.717) is 18.9 Å². The van der Waals surface area contributed by atoms with Gasteiger partial charge in [-0.05, 0) is 5.56 Å². The lowest BCUT2D eigenvalue weighted by Gasteiger charge is -2.55. The zero-order valence-corrected chi connectivity index (χ0v) is 12.9. The highest BCUT2D eigenvalue weighted by atomic mass is 16.3. The molecule has 2 fully saturated rings. The second kappa shape index (κ2) is 5.20. The predicted molar refractivity (Wildman–Crippen MR) is 81.6 cm³/mol. The summed E-state index contributed by atoms with van der Waals surface area (Å²) in [6, 6.07) is 10.4. The van der Waals surface area contributed by atoms with Gasteiger partial charge in [0.25, 0.3) is 0 Å².